The normalized spacial score (nSPS) is 11.6. The van der Waals surface area contributed by atoms with Crippen molar-refractivity contribution in [2.45, 2.75) is 13.1 Å². The van der Waals surface area contributed by atoms with E-state index in [1.54, 1.807) is 12.1 Å². The van der Waals surface area contributed by atoms with E-state index in [1.807, 2.05) is 0 Å². The molecule has 0 aliphatic rings. The van der Waals surface area contributed by atoms with Crippen LogP contribution in [0.25, 0.3) is 17.1 Å². The fraction of sp³-hybridized carbons (Fsp3) is 0.111. The molecule has 0 radical (unpaired) electrons. The number of imidazole rings is 1. The summed E-state index contributed by atoms with van der Waals surface area (Å²) < 4.78 is 39.9. The zero-order valence-corrected chi connectivity index (χ0v) is 15.2. The minimum Gasteiger partial charge on any atom is -0.476 e. The van der Waals surface area contributed by atoms with Gasteiger partial charge >= 0.3 is 12.1 Å². The summed E-state index contributed by atoms with van der Waals surface area (Å²) in [5.74, 6) is -1.07. The molecule has 0 spiro atoms. The third kappa shape index (κ3) is 3.65. The molecular formula is C18H11Cl2F3N2O2. The van der Waals surface area contributed by atoms with Crippen molar-refractivity contribution >= 4 is 29.2 Å². The fourth-order valence-corrected chi connectivity index (χ4v) is 3.16. The van der Waals surface area contributed by atoms with Gasteiger partial charge in [0.1, 0.15) is 5.82 Å². The molecule has 0 aliphatic heterocycles. The Labute approximate surface area is 161 Å². The molecule has 0 amide bonds. The maximum Gasteiger partial charge on any atom is 0.416 e. The summed E-state index contributed by atoms with van der Waals surface area (Å²) >= 11 is 12.1. The topological polar surface area (TPSA) is 55.1 Å². The maximum absolute atomic E-state index is 12.8. The van der Waals surface area contributed by atoms with Crippen molar-refractivity contribution in [2.75, 3.05) is 0 Å². The van der Waals surface area contributed by atoms with Crippen LogP contribution in [0.4, 0.5) is 13.2 Å². The molecule has 1 heterocycles. The molecule has 9 heteroatoms. The highest BCUT2D eigenvalue weighted by Gasteiger charge is 2.30. The predicted molar refractivity (Wildman–Crippen MR) is 95.7 cm³/mol. The zero-order chi connectivity index (χ0) is 19.9. The molecule has 27 heavy (non-hydrogen) atoms. The molecule has 3 aromatic rings. The molecule has 0 unspecified atom stereocenters. The number of nitrogens with zero attached hydrogens (tertiary/aromatic N) is 2. The SMILES string of the molecule is Cc1c(C(=O)O)nc(-c2ccc(Cl)cc2Cl)n1-c1ccc(C(F)(F)F)cc1. The molecule has 0 fully saturated rings. The molecule has 0 atom stereocenters. The number of aromatic nitrogens is 2. The minimum absolute atomic E-state index is 0.186. The van der Waals surface area contributed by atoms with Gasteiger partial charge in [-0.15, -0.1) is 0 Å². The summed E-state index contributed by atoms with van der Waals surface area (Å²) in [6.07, 6.45) is -4.48. The van der Waals surface area contributed by atoms with Gasteiger partial charge in [0.2, 0.25) is 0 Å². The number of hydrogen-bond donors (Lipinski definition) is 1. The van der Waals surface area contributed by atoms with Crippen molar-refractivity contribution in [2.24, 2.45) is 0 Å². The molecule has 1 aromatic heterocycles. The Bertz CT molecular complexity index is 1030. The Kier molecular flexibility index (Phi) is 4.92. The lowest BCUT2D eigenvalue weighted by molar-refractivity contribution is -0.137. The maximum atomic E-state index is 12.8. The van der Waals surface area contributed by atoms with Gasteiger partial charge in [-0.3, -0.25) is 4.57 Å². The fourth-order valence-electron chi connectivity index (χ4n) is 2.67. The van der Waals surface area contributed by atoms with Crippen molar-refractivity contribution < 1.29 is 23.1 Å². The number of alkyl halides is 3. The van der Waals surface area contributed by atoms with Crippen molar-refractivity contribution in [1.82, 2.24) is 9.55 Å². The van der Waals surface area contributed by atoms with Gasteiger partial charge in [0, 0.05) is 16.3 Å². The molecular weight excluding hydrogens is 404 g/mol. The Morgan fingerprint density at radius 2 is 1.74 bits per heavy atom. The highest BCUT2D eigenvalue weighted by atomic mass is 35.5. The van der Waals surface area contributed by atoms with Gasteiger partial charge in [0.05, 0.1) is 16.3 Å². The number of carbonyl (C=O) groups is 1. The molecule has 3 rings (SSSR count). The highest BCUT2D eigenvalue weighted by molar-refractivity contribution is 6.36. The first kappa shape index (κ1) is 19.3. The lowest BCUT2D eigenvalue weighted by Gasteiger charge is -2.13. The summed E-state index contributed by atoms with van der Waals surface area (Å²) in [4.78, 5) is 15.6. The smallest absolute Gasteiger partial charge is 0.416 e. The predicted octanol–water partition coefficient (Wildman–Crippen LogP) is 5.87. The number of hydrogen-bond acceptors (Lipinski definition) is 2. The van der Waals surface area contributed by atoms with Crippen LogP contribution in [0.15, 0.2) is 42.5 Å². The second kappa shape index (κ2) is 6.90. The number of carboxylic acid groups (broad SMARTS) is 1. The molecule has 1 N–H and O–H groups in total. The van der Waals surface area contributed by atoms with E-state index < -0.39 is 17.7 Å². The van der Waals surface area contributed by atoms with Crippen molar-refractivity contribution in [3.8, 4) is 17.1 Å². The van der Waals surface area contributed by atoms with Crippen LogP contribution in [0.5, 0.6) is 0 Å². The van der Waals surface area contributed by atoms with Crippen LogP contribution in [-0.4, -0.2) is 20.6 Å². The first-order valence-corrected chi connectivity index (χ1v) is 8.31. The van der Waals surface area contributed by atoms with E-state index in [0.29, 0.717) is 16.3 Å². The standard InChI is InChI=1S/C18H11Cl2F3N2O2/c1-9-15(17(26)27)24-16(13-7-4-11(19)8-14(13)20)25(9)12-5-2-10(3-6-12)18(21,22)23/h2-8H,1H3,(H,26,27). The Morgan fingerprint density at radius 3 is 2.26 bits per heavy atom. The van der Waals surface area contributed by atoms with Crippen LogP contribution in [0, 0.1) is 6.92 Å². The van der Waals surface area contributed by atoms with Gasteiger partial charge in [0.25, 0.3) is 0 Å². The summed E-state index contributed by atoms with van der Waals surface area (Å²) in [5.41, 5.74) is -0.0641. The van der Waals surface area contributed by atoms with Crippen LogP contribution in [0.3, 0.4) is 0 Å². The monoisotopic (exact) mass is 414 g/mol. The Morgan fingerprint density at radius 1 is 1.11 bits per heavy atom. The quantitative estimate of drug-likeness (QED) is 0.582. The Hall–Kier alpha value is -2.51. The first-order chi connectivity index (χ1) is 12.6. The zero-order valence-electron chi connectivity index (χ0n) is 13.7. The molecule has 0 saturated heterocycles. The molecule has 0 bridgehead atoms. The summed E-state index contributed by atoms with van der Waals surface area (Å²) in [6.45, 7) is 1.52. The van der Waals surface area contributed by atoms with Gasteiger partial charge < -0.3 is 5.11 Å². The highest BCUT2D eigenvalue weighted by Crippen LogP contribution is 2.34. The van der Waals surface area contributed by atoms with Crippen molar-refractivity contribution in [3.05, 3.63) is 69.5 Å². The summed E-state index contributed by atoms with van der Waals surface area (Å²) in [5, 5.41) is 10.00. The van der Waals surface area contributed by atoms with E-state index in [-0.39, 0.29) is 22.2 Å². The first-order valence-electron chi connectivity index (χ1n) is 7.55. The van der Waals surface area contributed by atoms with Crippen LogP contribution in [-0.2, 0) is 6.18 Å². The molecule has 0 aliphatic carbocycles. The lowest BCUT2D eigenvalue weighted by Crippen LogP contribution is -2.06. The van der Waals surface area contributed by atoms with Crippen LogP contribution in [0.1, 0.15) is 21.7 Å². The second-order valence-corrected chi connectivity index (χ2v) is 6.52. The molecule has 140 valence electrons. The average Bonchev–Trinajstić information content (AvgIpc) is 2.91. The number of halogens is 5. The molecule has 2 aromatic carbocycles. The third-order valence-electron chi connectivity index (χ3n) is 3.94. The van der Waals surface area contributed by atoms with E-state index in [1.165, 1.54) is 29.7 Å². The van der Waals surface area contributed by atoms with Crippen LogP contribution < -0.4 is 0 Å². The van der Waals surface area contributed by atoms with Crippen molar-refractivity contribution in [1.29, 1.82) is 0 Å². The summed E-state index contributed by atoms with van der Waals surface area (Å²) in [7, 11) is 0. The van der Waals surface area contributed by atoms with E-state index in [4.69, 9.17) is 23.2 Å². The second-order valence-electron chi connectivity index (χ2n) is 5.68. The van der Waals surface area contributed by atoms with Gasteiger partial charge in [-0.2, -0.15) is 13.2 Å². The van der Waals surface area contributed by atoms with E-state index in [2.05, 4.69) is 4.98 Å². The van der Waals surface area contributed by atoms with Gasteiger partial charge in [-0.05, 0) is 49.4 Å². The van der Waals surface area contributed by atoms with Gasteiger partial charge in [0.15, 0.2) is 5.69 Å². The number of aromatic carboxylic acids is 1. The Balaban J connectivity index is 2.24. The average molecular weight is 415 g/mol. The minimum atomic E-state index is -4.48. The lowest BCUT2D eigenvalue weighted by atomic mass is 10.1. The van der Waals surface area contributed by atoms with E-state index >= 15 is 0 Å². The van der Waals surface area contributed by atoms with E-state index in [0.717, 1.165) is 12.1 Å². The van der Waals surface area contributed by atoms with Gasteiger partial charge in [-0.25, -0.2) is 9.78 Å². The van der Waals surface area contributed by atoms with Crippen LogP contribution in [0.2, 0.25) is 10.0 Å². The number of rotatable bonds is 3. The van der Waals surface area contributed by atoms with E-state index in [9.17, 15) is 23.1 Å². The number of carboxylic acids is 1. The van der Waals surface area contributed by atoms with Gasteiger partial charge in [-0.1, -0.05) is 23.2 Å². The third-order valence-corrected chi connectivity index (χ3v) is 4.48. The van der Waals surface area contributed by atoms with Crippen molar-refractivity contribution in [3.63, 3.8) is 0 Å². The molecule has 4 nitrogen and oxygen atoms in total. The molecule has 0 saturated carbocycles. The summed E-state index contributed by atoms with van der Waals surface area (Å²) in [6, 6.07) is 8.93. The largest absolute Gasteiger partial charge is 0.476 e. The van der Waals surface area contributed by atoms with Crippen LogP contribution >= 0.6 is 23.2 Å². The number of benzene rings is 2.